The van der Waals surface area contributed by atoms with E-state index in [4.69, 9.17) is 5.73 Å². The van der Waals surface area contributed by atoms with Gasteiger partial charge in [-0.05, 0) is 31.5 Å². The standard InChI is InChI=1S/C9H11BrFN.ClH/c1-5-3-7(10)4-8(6(2)12)9(5)11;/h3-4,6H,12H2,1-2H3;1H/t6-;/m1./s1. The monoisotopic (exact) mass is 267 g/mol. The second-order valence-corrected chi connectivity index (χ2v) is 3.83. The van der Waals surface area contributed by atoms with Crippen LogP contribution in [0.25, 0.3) is 0 Å². The number of hydrogen-bond donors (Lipinski definition) is 1. The lowest BCUT2D eigenvalue weighted by Gasteiger charge is -2.09. The molecule has 4 heteroatoms. The van der Waals surface area contributed by atoms with Crippen molar-refractivity contribution in [3.05, 3.63) is 33.5 Å². The van der Waals surface area contributed by atoms with Gasteiger partial charge in [-0.3, -0.25) is 0 Å². The van der Waals surface area contributed by atoms with Crippen molar-refractivity contribution in [3.8, 4) is 0 Å². The molecular formula is C9H12BrClFN. The first-order valence-corrected chi connectivity index (χ1v) is 4.53. The number of aryl methyl sites for hydroxylation is 1. The van der Waals surface area contributed by atoms with E-state index < -0.39 is 0 Å². The van der Waals surface area contributed by atoms with E-state index in [1.165, 1.54) is 0 Å². The van der Waals surface area contributed by atoms with Crippen LogP contribution in [0.2, 0.25) is 0 Å². The molecule has 0 unspecified atom stereocenters. The Hall–Kier alpha value is -0.120. The largest absolute Gasteiger partial charge is 0.324 e. The highest BCUT2D eigenvalue weighted by Gasteiger charge is 2.09. The predicted molar refractivity (Wildman–Crippen MR) is 58.7 cm³/mol. The molecule has 2 N–H and O–H groups in total. The van der Waals surface area contributed by atoms with Crippen LogP contribution in [0.5, 0.6) is 0 Å². The molecule has 0 bridgehead atoms. The zero-order valence-electron chi connectivity index (χ0n) is 7.47. The van der Waals surface area contributed by atoms with Crippen molar-refractivity contribution in [1.29, 1.82) is 0 Å². The van der Waals surface area contributed by atoms with Gasteiger partial charge < -0.3 is 5.73 Å². The average molecular weight is 269 g/mol. The number of nitrogens with two attached hydrogens (primary N) is 1. The van der Waals surface area contributed by atoms with Crippen molar-refractivity contribution in [2.45, 2.75) is 19.9 Å². The first-order chi connectivity index (χ1) is 5.52. The maximum absolute atomic E-state index is 13.3. The van der Waals surface area contributed by atoms with Crippen LogP contribution in [0.1, 0.15) is 24.1 Å². The number of hydrogen-bond acceptors (Lipinski definition) is 1. The summed E-state index contributed by atoms with van der Waals surface area (Å²) in [4.78, 5) is 0. The van der Waals surface area contributed by atoms with Gasteiger partial charge in [-0.2, -0.15) is 0 Å². The lowest BCUT2D eigenvalue weighted by atomic mass is 10.1. The molecule has 1 atom stereocenters. The fourth-order valence-electron chi connectivity index (χ4n) is 1.08. The van der Waals surface area contributed by atoms with Crippen LogP contribution in [-0.2, 0) is 0 Å². The lowest BCUT2D eigenvalue weighted by molar-refractivity contribution is 0.585. The van der Waals surface area contributed by atoms with Gasteiger partial charge in [-0.15, -0.1) is 12.4 Å². The van der Waals surface area contributed by atoms with Gasteiger partial charge in [0.2, 0.25) is 0 Å². The summed E-state index contributed by atoms with van der Waals surface area (Å²) in [5.41, 5.74) is 6.77. The summed E-state index contributed by atoms with van der Waals surface area (Å²) in [6.07, 6.45) is 0. The maximum Gasteiger partial charge on any atom is 0.130 e. The van der Waals surface area contributed by atoms with Gasteiger partial charge in [-0.1, -0.05) is 15.9 Å². The fourth-order valence-corrected chi connectivity index (χ4v) is 1.67. The van der Waals surface area contributed by atoms with E-state index in [0.717, 1.165) is 4.47 Å². The van der Waals surface area contributed by atoms with E-state index in [1.807, 2.05) is 0 Å². The molecule has 1 nitrogen and oxygen atoms in total. The van der Waals surface area contributed by atoms with Crippen LogP contribution in [0.15, 0.2) is 16.6 Å². The number of halogens is 3. The highest BCUT2D eigenvalue weighted by Crippen LogP contribution is 2.23. The van der Waals surface area contributed by atoms with Crippen LogP contribution in [0.3, 0.4) is 0 Å². The van der Waals surface area contributed by atoms with Crippen molar-refractivity contribution in [2.24, 2.45) is 5.73 Å². The van der Waals surface area contributed by atoms with Crippen molar-refractivity contribution < 1.29 is 4.39 Å². The van der Waals surface area contributed by atoms with E-state index in [9.17, 15) is 4.39 Å². The third-order valence-corrected chi connectivity index (χ3v) is 2.20. The summed E-state index contributed by atoms with van der Waals surface area (Å²) < 4.78 is 14.2. The Morgan fingerprint density at radius 1 is 1.46 bits per heavy atom. The Morgan fingerprint density at radius 2 is 2.00 bits per heavy atom. The summed E-state index contributed by atoms with van der Waals surface area (Å²) in [5, 5.41) is 0. The summed E-state index contributed by atoms with van der Waals surface area (Å²) in [5.74, 6) is -0.201. The SMILES string of the molecule is Cc1cc(Br)cc([C@@H](C)N)c1F.Cl. The summed E-state index contributed by atoms with van der Waals surface area (Å²) in [7, 11) is 0. The number of rotatable bonds is 1. The molecule has 74 valence electrons. The molecular weight excluding hydrogens is 256 g/mol. The average Bonchev–Trinajstić information content (AvgIpc) is 1.96. The zero-order chi connectivity index (χ0) is 9.30. The summed E-state index contributed by atoms with van der Waals surface area (Å²) in [6, 6.07) is 3.19. The first kappa shape index (κ1) is 12.9. The van der Waals surface area contributed by atoms with Crippen molar-refractivity contribution >= 4 is 28.3 Å². The van der Waals surface area contributed by atoms with Crippen LogP contribution in [0.4, 0.5) is 4.39 Å². The quantitative estimate of drug-likeness (QED) is 0.830. The van der Waals surface area contributed by atoms with E-state index in [-0.39, 0.29) is 24.3 Å². The molecule has 0 aromatic heterocycles. The summed E-state index contributed by atoms with van der Waals surface area (Å²) >= 11 is 3.29. The molecule has 0 heterocycles. The molecule has 0 fully saturated rings. The molecule has 0 radical (unpaired) electrons. The van der Waals surface area contributed by atoms with E-state index >= 15 is 0 Å². The molecule has 0 saturated heterocycles. The van der Waals surface area contributed by atoms with E-state index in [0.29, 0.717) is 11.1 Å². The van der Waals surface area contributed by atoms with Crippen molar-refractivity contribution in [2.75, 3.05) is 0 Å². The maximum atomic E-state index is 13.3. The van der Waals surface area contributed by atoms with Crippen LogP contribution in [0, 0.1) is 12.7 Å². The first-order valence-electron chi connectivity index (χ1n) is 3.73. The predicted octanol–water partition coefficient (Wildman–Crippen LogP) is 3.34. The van der Waals surface area contributed by atoms with Gasteiger partial charge >= 0.3 is 0 Å². The molecule has 0 spiro atoms. The van der Waals surface area contributed by atoms with E-state index in [2.05, 4.69) is 15.9 Å². The van der Waals surface area contributed by atoms with Gasteiger partial charge in [-0.25, -0.2) is 4.39 Å². The Bertz CT molecular complexity index is 302. The highest BCUT2D eigenvalue weighted by molar-refractivity contribution is 9.10. The Balaban J connectivity index is 0.00000144. The van der Waals surface area contributed by atoms with E-state index in [1.54, 1.807) is 26.0 Å². The molecule has 1 rings (SSSR count). The number of benzene rings is 1. The normalized spacial score (nSPS) is 12.1. The second kappa shape index (κ2) is 4.94. The van der Waals surface area contributed by atoms with Crippen LogP contribution < -0.4 is 5.73 Å². The van der Waals surface area contributed by atoms with Crippen LogP contribution in [-0.4, -0.2) is 0 Å². The topological polar surface area (TPSA) is 26.0 Å². The Kier molecular flexibility index (Phi) is 4.89. The Morgan fingerprint density at radius 3 is 2.46 bits per heavy atom. The van der Waals surface area contributed by atoms with Gasteiger partial charge in [0.25, 0.3) is 0 Å². The van der Waals surface area contributed by atoms with Gasteiger partial charge in [0, 0.05) is 16.1 Å². The molecule has 13 heavy (non-hydrogen) atoms. The zero-order valence-corrected chi connectivity index (χ0v) is 9.88. The van der Waals surface area contributed by atoms with Gasteiger partial charge in [0.15, 0.2) is 0 Å². The Labute approximate surface area is 92.1 Å². The van der Waals surface area contributed by atoms with Gasteiger partial charge in [0.05, 0.1) is 0 Å². The molecule has 0 aliphatic heterocycles. The lowest BCUT2D eigenvalue weighted by Crippen LogP contribution is -2.08. The minimum absolute atomic E-state index is 0. The van der Waals surface area contributed by atoms with Crippen molar-refractivity contribution in [1.82, 2.24) is 0 Å². The highest BCUT2D eigenvalue weighted by atomic mass is 79.9. The molecule has 1 aromatic carbocycles. The molecule has 0 aliphatic rings. The molecule has 0 aliphatic carbocycles. The minimum atomic E-state index is -0.263. The second-order valence-electron chi connectivity index (χ2n) is 2.91. The van der Waals surface area contributed by atoms with Crippen LogP contribution >= 0.6 is 28.3 Å². The molecule has 1 aromatic rings. The minimum Gasteiger partial charge on any atom is -0.324 e. The third-order valence-electron chi connectivity index (χ3n) is 1.74. The third kappa shape index (κ3) is 2.93. The summed E-state index contributed by atoms with van der Waals surface area (Å²) in [6.45, 7) is 3.50. The molecule has 0 amide bonds. The molecule has 0 saturated carbocycles. The van der Waals surface area contributed by atoms with Gasteiger partial charge in [0.1, 0.15) is 5.82 Å². The van der Waals surface area contributed by atoms with Crippen molar-refractivity contribution in [3.63, 3.8) is 0 Å². The smallest absolute Gasteiger partial charge is 0.130 e. The fraction of sp³-hybridized carbons (Fsp3) is 0.333.